The van der Waals surface area contributed by atoms with Gasteiger partial charge in [0.05, 0.1) is 23.3 Å². The Kier molecular flexibility index (Phi) is 11.4. The number of benzene rings is 1. The van der Waals surface area contributed by atoms with Gasteiger partial charge in [-0.3, -0.25) is 19.4 Å². The van der Waals surface area contributed by atoms with Crippen LogP contribution in [0.4, 0.5) is 0 Å². The number of methoxy groups -OCH3 is 1. The van der Waals surface area contributed by atoms with E-state index in [9.17, 15) is 19.5 Å². The number of halogens is 2. The maximum atomic E-state index is 13.4. The highest BCUT2D eigenvalue weighted by Crippen LogP contribution is 2.31. The summed E-state index contributed by atoms with van der Waals surface area (Å²) in [5.74, 6) is -1.74. The number of phenolic OH excluding ortho intramolecular Hbond substituents is 1. The third kappa shape index (κ3) is 10.3. The van der Waals surface area contributed by atoms with Gasteiger partial charge >= 0.3 is 5.97 Å². The van der Waals surface area contributed by atoms with E-state index in [2.05, 4.69) is 52.2 Å². The van der Waals surface area contributed by atoms with Gasteiger partial charge in [-0.1, -0.05) is 36.7 Å². The number of hydrogen-bond acceptors (Lipinski definition) is 7. The van der Waals surface area contributed by atoms with Crippen molar-refractivity contribution in [2.45, 2.75) is 72.3 Å². The first-order valence-electron chi connectivity index (χ1n) is 11.0. The lowest BCUT2D eigenvalue weighted by molar-refractivity contribution is -0.143. The standard InChI is InChI=1S/C24H35Br2N3O6/c1-13(35-24(5,6)7)18(21(32)28-12-17(30)34-8)29-22(33)20(23(2,3)4)27-11-14-9-15(25)10-16(26)19(14)31/h9-11,13,18,20,31H,12H2,1-8H3,(H,28,32)(H,29,33)/t13?,18-,20+/m0/s1. The molecular weight excluding hydrogens is 586 g/mol. The molecule has 2 amide bonds. The van der Waals surface area contributed by atoms with Crippen molar-refractivity contribution in [2.24, 2.45) is 10.4 Å². The lowest BCUT2D eigenvalue weighted by Crippen LogP contribution is -2.57. The van der Waals surface area contributed by atoms with E-state index < -0.39 is 47.0 Å². The monoisotopic (exact) mass is 619 g/mol. The molecule has 0 bridgehead atoms. The largest absolute Gasteiger partial charge is 0.506 e. The van der Waals surface area contributed by atoms with Crippen LogP contribution in [0, 0.1) is 5.41 Å². The Morgan fingerprint density at radius 2 is 1.71 bits per heavy atom. The van der Waals surface area contributed by atoms with Crippen LogP contribution in [0.5, 0.6) is 5.75 Å². The summed E-state index contributed by atoms with van der Waals surface area (Å²) in [6.07, 6.45) is 0.702. The SMILES string of the molecule is COC(=O)CNC(=O)[C@@H](NC(=O)[C@@H](N=Cc1cc(Br)cc(Br)c1O)C(C)(C)C)C(C)OC(C)(C)C. The van der Waals surface area contributed by atoms with Gasteiger partial charge in [0.15, 0.2) is 0 Å². The number of hydrogen-bond donors (Lipinski definition) is 3. The minimum atomic E-state index is -1.10. The van der Waals surface area contributed by atoms with Crippen LogP contribution in [0.15, 0.2) is 26.1 Å². The van der Waals surface area contributed by atoms with Crippen molar-refractivity contribution in [1.82, 2.24) is 10.6 Å². The summed E-state index contributed by atoms with van der Waals surface area (Å²) in [5.41, 5.74) is -0.802. The Morgan fingerprint density at radius 3 is 2.23 bits per heavy atom. The molecule has 0 saturated carbocycles. The van der Waals surface area contributed by atoms with Crippen LogP contribution in [-0.4, -0.2) is 66.5 Å². The van der Waals surface area contributed by atoms with Gasteiger partial charge in [0.25, 0.3) is 0 Å². The van der Waals surface area contributed by atoms with Crippen LogP contribution in [0.25, 0.3) is 0 Å². The molecular formula is C24H35Br2N3O6. The van der Waals surface area contributed by atoms with E-state index >= 15 is 0 Å². The molecule has 0 aromatic heterocycles. The van der Waals surface area contributed by atoms with Crippen molar-refractivity contribution in [3.05, 3.63) is 26.6 Å². The van der Waals surface area contributed by atoms with Gasteiger partial charge in [-0.25, -0.2) is 0 Å². The Bertz CT molecular complexity index is 954. The zero-order valence-electron chi connectivity index (χ0n) is 21.4. The van der Waals surface area contributed by atoms with E-state index in [1.54, 1.807) is 19.1 Å². The zero-order valence-corrected chi connectivity index (χ0v) is 24.5. The molecule has 3 N–H and O–H groups in total. The summed E-state index contributed by atoms with van der Waals surface area (Å²) in [5, 5.41) is 15.5. The quantitative estimate of drug-likeness (QED) is 0.285. The molecule has 0 spiro atoms. The molecule has 1 aromatic carbocycles. The van der Waals surface area contributed by atoms with Crippen LogP contribution in [0.2, 0.25) is 0 Å². The average molecular weight is 621 g/mol. The van der Waals surface area contributed by atoms with E-state index in [-0.39, 0.29) is 12.3 Å². The van der Waals surface area contributed by atoms with Crippen LogP contribution in [-0.2, 0) is 23.9 Å². The molecule has 11 heteroatoms. The topological polar surface area (TPSA) is 126 Å². The first-order chi connectivity index (χ1) is 16.0. The number of amides is 2. The number of nitrogens with zero attached hydrogens (tertiary/aromatic N) is 1. The van der Waals surface area contributed by atoms with Gasteiger partial charge in [-0.2, -0.15) is 0 Å². The molecule has 0 aliphatic heterocycles. The lowest BCUT2D eigenvalue weighted by Gasteiger charge is -2.33. The smallest absolute Gasteiger partial charge is 0.325 e. The summed E-state index contributed by atoms with van der Waals surface area (Å²) in [4.78, 5) is 42.2. The normalized spacial score (nSPS) is 14.8. The fourth-order valence-corrected chi connectivity index (χ4v) is 4.38. The number of aliphatic imine (C=N–C) groups is 1. The molecule has 0 aliphatic carbocycles. The second-order valence-corrected chi connectivity index (χ2v) is 11.9. The Labute approximate surface area is 223 Å². The first-order valence-corrected chi connectivity index (χ1v) is 12.6. The molecule has 0 radical (unpaired) electrons. The molecule has 0 aliphatic rings. The summed E-state index contributed by atoms with van der Waals surface area (Å²) in [7, 11) is 1.21. The zero-order chi connectivity index (χ0) is 27.1. The number of phenols is 1. The summed E-state index contributed by atoms with van der Waals surface area (Å²) in [6.45, 7) is 12.3. The van der Waals surface area contributed by atoms with Crippen LogP contribution in [0.3, 0.4) is 0 Å². The minimum Gasteiger partial charge on any atom is -0.506 e. The number of aromatic hydroxyl groups is 1. The van der Waals surface area contributed by atoms with Crippen LogP contribution >= 0.6 is 31.9 Å². The Morgan fingerprint density at radius 1 is 1.11 bits per heavy atom. The fourth-order valence-electron chi connectivity index (χ4n) is 3.12. The van der Waals surface area contributed by atoms with Crippen molar-refractivity contribution in [2.75, 3.05) is 13.7 Å². The second kappa shape index (κ2) is 12.8. The number of carbonyl (C=O) groups is 3. The van der Waals surface area contributed by atoms with E-state index in [1.807, 2.05) is 41.5 Å². The van der Waals surface area contributed by atoms with Crippen molar-refractivity contribution < 1.29 is 29.0 Å². The van der Waals surface area contributed by atoms with Crippen molar-refractivity contribution >= 4 is 55.9 Å². The maximum absolute atomic E-state index is 13.4. The highest BCUT2D eigenvalue weighted by atomic mass is 79.9. The number of carbonyl (C=O) groups excluding carboxylic acids is 3. The van der Waals surface area contributed by atoms with Gasteiger partial charge < -0.3 is 25.2 Å². The number of ether oxygens (including phenoxy) is 2. The molecule has 1 aromatic rings. The fraction of sp³-hybridized carbons (Fsp3) is 0.583. The van der Waals surface area contributed by atoms with Gasteiger partial charge in [-0.05, 0) is 61.2 Å². The van der Waals surface area contributed by atoms with Crippen molar-refractivity contribution in [3.63, 3.8) is 0 Å². The summed E-state index contributed by atoms with van der Waals surface area (Å²) >= 11 is 6.65. The Balaban J connectivity index is 3.25. The summed E-state index contributed by atoms with van der Waals surface area (Å²) in [6, 6.07) is 1.36. The minimum absolute atomic E-state index is 0.0164. The number of esters is 1. The van der Waals surface area contributed by atoms with Crippen LogP contribution < -0.4 is 10.6 Å². The van der Waals surface area contributed by atoms with E-state index in [4.69, 9.17) is 4.74 Å². The Hall–Kier alpha value is -1.98. The molecule has 0 fully saturated rings. The maximum Gasteiger partial charge on any atom is 0.325 e. The van der Waals surface area contributed by atoms with Gasteiger partial charge in [0, 0.05) is 16.3 Å². The third-order valence-corrected chi connectivity index (χ3v) is 5.78. The van der Waals surface area contributed by atoms with Crippen LogP contribution in [0.1, 0.15) is 54.0 Å². The number of rotatable bonds is 9. The van der Waals surface area contributed by atoms with E-state index in [0.29, 0.717) is 10.0 Å². The van der Waals surface area contributed by atoms with Gasteiger partial charge in [-0.15, -0.1) is 0 Å². The molecule has 196 valence electrons. The third-order valence-electron chi connectivity index (χ3n) is 4.71. The molecule has 0 heterocycles. The average Bonchev–Trinajstić information content (AvgIpc) is 2.70. The highest BCUT2D eigenvalue weighted by molar-refractivity contribution is 9.11. The first kappa shape index (κ1) is 31.1. The molecule has 1 rings (SSSR count). The molecule has 1 unspecified atom stereocenters. The van der Waals surface area contributed by atoms with Crippen molar-refractivity contribution in [1.29, 1.82) is 0 Å². The highest BCUT2D eigenvalue weighted by Gasteiger charge is 2.36. The predicted octanol–water partition coefficient (Wildman–Crippen LogP) is 3.73. The van der Waals surface area contributed by atoms with Gasteiger partial charge in [0.2, 0.25) is 11.8 Å². The predicted molar refractivity (Wildman–Crippen MR) is 142 cm³/mol. The van der Waals surface area contributed by atoms with E-state index in [1.165, 1.54) is 13.3 Å². The summed E-state index contributed by atoms with van der Waals surface area (Å²) < 4.78 is 11.7. The molecule has 0 saturated heterocycles. The van der Waals surface area contributed by atoms with Gasteiger partial charge in [0.1, 0.15) is 24.4 Å². The number of nitrogens with one attached hydrogen (secondary N) is 2. The second-order valence-electron chi connectivity index (χ2n) is 10.1. The molecule has 9 nitrogen and oxygen atoms in total. The molecule has 3 atom stereocenters. The van der Waals surface area contributed by atoms with Crippen molar-refractivity contribution in [3.8, 4) is 5.75 Å². The molecule has 35 heavy (non-hydrogen) atoms. The van der Waals surface area contributed by atoms with E-state index in [0.717, 1.165) is 4.47 Å². The lowest BCUT2D eigenvalue weighted by atomic mass is 9.86.